The minimum atomic E-state index is -0.125. The average Bonchev–Trinajstić information content (AvgIpc) is 1.65. The molecule has 0 aliphatic rings. The van der Waals surface area contributed by atoms with Crippen molar-refractivity contribution in [1.29, 1.82) is 0 Å². The van der Waals surface area contributed by atoms with E-state index in [2.05, 4.69) is 6.58 Å². The fourth-order valence-corrected chi connectivity index (χ4v) is 0. The minimum Gasteiger partial charge on any atom is -0.394 e. The molecule has 0 radical (unpaired) electrons. The fourth-order valence-electron chi connectivity index (χ4n) is 0. The van der Waals surface area contributed by atoms with Crippen molar-refractivity contribution in [2.75, 3.05) is 13.2 Å². The molecule has 0 aromatic carbocycles. The van der Waals surface area contributed by atoms with Gasteiger partial charge in [-0.1, -0.05) is 5.57 Å². The van der Waals surface area contributed by atoms with Crippen LogP contribution in [0.25, 0.3) is 0 Å². The largest absolute Gasteiger partial charge is 0.394 e. The van der Waals surface area contributed by atoms with E-state index in [1.807, 2.05) is 13.8 Å². The summed E-state index contributed by atoms with van der Waals surface area (Å²) in [5.74, 6) is 0. The molecular weight excluding hydrogens is 104 g/mol. The molecule has 2 heteroatoms. The quantitative estimate of drug-likeness (QED) is 0.494. The van der Waals surface area contributed by atoms with Gasteiger partial charge in [-0.25, -0.2) is 0 Å². The Hall–Kier alpha value is -0.340. The summed E-state index contributed by atoms with van der Waals surface area (Å²) >= 11 is 0. The highest BCUT2D eigenvalue weighted by atomic mass is 16.3. The van der Waals surface area contributed by atoms with Gasteiger partial charge < -0.3 is 10.2 Å². The zero-order chi connectivity index (χ0) is 6.99. The Bertz CT molecular complexity index is 44.5. The second-order valence-electron chi connectivity index (χ2n) is 1.65. The second-order valence-corrected chi connectivity index (χ2v) is 1.65. The van der Waals surface area contributed by atoms with Crippen molar-refractivity contribution >= 4 is 0 Å². The van der Waals surface area contributed by atoms with Crippen molar-refractivity contribution < 1.29 is 10.2 Å². The van der Waals surface area contributed by atoms with Gasteiger partial charge in [0.1, 0.15) is 0 Å². The van der Waals surface area contributed by atoms with Gasteiger partial charge in [0.2, 0.25) is 0 Å². The lowest BCUT2D eigenvalue weighted by atomic mass is 10.4. The molecule has 0 spiro atoms. The highest BCUT2D eigenvalue weighted by molar-refractivity contribution is 4.78. The summed E-state index contributed by atoms with van der Waals surface area (Å²) in [6.07, 6.45) is 0. The van der Waals surface area contributed by atoms with Crippen molar-refractivity contribution in [2.45, 2.75) is 13.8 Å². The van der Waals surface area contributed by atoms with Gasteiger partial charge in [-0.2, -0.15) is 0 Å². The maximum Gasteiger partial charge on any atom is 0.0662 e. The van der Waals surface area contributed by atoms with Crippen molar-refractivity contribution in [3.05, 3.63) is 12.2 Å². The number of aliphatic hydroxyl groups excluding tert-OH is 2. The number of hydrogen-bond donors (Lipinski definition) is 2. The SMILES string of the molecule is C=C(C)C.OCCO. The molecule has 0 atom stereocenters. The van der Waals surface area contributed by atoms with Gasteiger partial charge >= 0.3 is 0 Å². The summed E-state index contributed by atoms with van der Waals surface area (Å²) in [5, 5.41) is 15.2. The molecule has 50 valence electrons. The standard InChI is InChI=1S/C4H8.C2H6O2/c1-4(2)3;3-1-2-4/h1H2,2-3H3;3-4H,1-2H2. The summed E-state index contributed by atoms with van der Waals surface area (Å²) < 4.78 is 0. The van der Waals surface area contributed by atoms with Gasteiger partial charge in [-0.15, -0.1) is 6.58 Å². The van der Waals surface area contributed by atoms with E-state index in [1.54, 1.807) is 0 Å². The van der Waals surface area contributed by atoms with Gasteiger partial charge in [-0.3, -0.25) is 0 Å². The van der Waals surface area contributed by atoms with Gasteiger partial charge in [0.05, 0.1) is 13.2 Å². The van der Waals surface area contributed by atoms with E-state index >= 15 is 0 Å². The molecule has 2 nitrogen and oxygen atoms in total. The van der Waals surface area contributed by atoms with Crippen LogP contribution in [0.2, 0.25) is 0 Å². The van der Waals surface area contributed by atoms with Crippen LogP contribution in [0, 0.1) is 0 Å². The van der Waals surface area contributed by atoms with E-state index in [9.17, 15) is 0 Å². The predicted octanol–water partition coefficient (Wildman–Crippen LogP) is 0.553. The molecule has 8 heavy (non-hydrogen) atoms. The predicted molar refractivity (Wildman–Crippen MR) is 34.7 cm³/mol. The Morgan fingerprint density at radius 2 is 1.38 bits per heavy atom. The molecule has 0 aliphatic carbocycles. The van der Waals surface area contributed by atoms with Gasteiger partial charge in [0.15, 0.2) is 0 Å². The van der Waals surface area contributed by atoms with Crippen molar-refractivity contribution in [3.8, 4) is 0 Å². The molecule has 0 bridgehead atoms. The zero-order valence-electron chi connectivity index (χ0n) is 5.52. The van der Waals surface area contributed by atoms with Crippen LogP contribution in [0.3, 0.4) is 0 Å². The lowest BCUT2D eigenvalue weighted by molar-refractivity contribution is 0.186. The molecule has 0 heterocycles. The second kappa shape index (κ2) is 9.83. The number of rotatable bonds is 1. The number of allylic oxidation sites excluding steroid dienone is 1. The number of aliphatic hydroxyl groups is 2. The lowest BCUT2D eigenvalue weighted by Gasteiger charge is -1.70. The Kier molecular flexibility index (Phi) is 13.0. The van der Waals surface area contributed by atoms with Crippen LogP contribution in [-0.4, -0.2) is 23.4 Å². The third kappa shape index (κ3) is 282. The topological polar surface area (TPSA) is 40.5 Å². The van der Waals surface area contributed by atoms with E-state index in [1.165, 1.54) is 5.57 Å². The first kappa shape index (κ1) is 10.6. The maximum absolute atomic E-state index is 7.62. The lowest BCUT2D eigenvalue weighted by Crippen LogP contribution is -1.85. The molecule has 0 unspecified atom stereocenters. The third-order valence-corrected chi connectivity index (χ3v) is 0.1000. The molecular formula is C6H14O2. The summed E-state index contributed by atoms with van der Waals surface area (Å²) in [6.45, 7) is 7.25. The molecule has 0 fully saturated rings. The first-order valence-corrected chi connectivity index (χ1v) is 2.49. The average molecular weight is 118 g/mol. The first-order valence-electron chi connectivity index (χ1n) is 2.49. The van der Waals surface area contributed by atoms with Crippen LogP contribution in [0.15, 0.2) is 12.2 Å². The summed E-state index contributed by atoms with van der Waals surface area (Å²) in [5.41, 5.74) is 1.17. The Morgan fingerprint density at radius 3 is 1.38 bits per heavy atom. The van der Waals surface area contributed by atoms with E-state index in [0.717, 1.165) is 0 Å². The normalized spacial score (nSPS) is 7.00. The maximum atomic E-state index is 7.62. The van der Waals surface area contributed by atoms with Crippen LogP contribution < -0.4 is 0 Å². The summed E-state index contributed by atoms with van der Waals surface area (Å²) in [6, 6.07) is 0. The fraction of sp³-hybridized carbons (Fsp3) is 0.667. The molecule has 0 aromatic rings. The first-order chi connectivity index (χ1) is 3.65. The van der Waals surface area contributed by atoms with Crippen LogP contribution in [-0.2, 0) is 0 Å². The smallest absolute Gasteiger partial charge is 0.0662 e. The van der Waals surface area contributed by atoms with E-state index in [-0.39, 0.29) is 13.2 Å². The Labute approximate surface area is 50.5 Å². The van der Waals surface area contributed by atoms with Gasteiger partial charge in [0, 0.05) is 0 Å². The van der Waals surface area contributed by atoms with Crippen LogP contribution in [0.5, 0.6) is 0 Å². The van der Waals surface area contributed by atoms with E-state index in [4.69, 9.17) is 10.2 Å². The highest BCUT2D eigenvalue weighted by Crippen LogP contribution is 1.73. The molecule has 0 saturated heterocycles. The summed E-state index contributed by atoms with van der Waals surface area (Å²) in [4.78, 5) is 0. The third-order valence-electron chi connectivity index (χ3n) is 0.1000. The Morgan fingerprint density at radius 1 is 1.25 bits per heavy atom. The van der Waals surface area contributed by atoms with Crippen LogP contribution >= 0.6 is 0 Å². The minimum absolute atomic E-state index is 0.125. The molecule has 0 aliphatic heterocycles. The molecule has 2 N–H and O–H groups in total. The zero-order valence-corrected chi connectivity index (χ0v) is 5.52. The number of hydrogen-bond acceptors (Lipinski definition) is 2. The Balaban J connectivity index is 0. The van der Waals surface area contributed by atoms with E-state index < -0.39 is 0 Å². The van der Waals surface area contributed by atoms with E-state index in [0.29, 0.717) is 0 Å². The van der Waals surface area contributed by atoms with Gasteiger partial charge in [0.25, 0.3) is 0 Å². The van der Waals surface area contributed by atoms with Crippen molar-refractivity contribution in [3.63, 3.8) is 0 Å². The van der Waals surface area contributed by atoms with Crippen molar-refractivity contribution in [1.82, 2.24) is 0 Å². The van der Waals surface area contributed by atoms with Crippen molar-refractivity contribution in [2.24, 2.45) is 0 Å². The highest BCUT2D eigenvalue weighted by Gasteiger charge is 1.58. The van der Waals surface area contributed by atoms with Crippen LogP contribution in [0.4, 0.5) is 0 Å². The molecule has 0 aromatic heterocycles. The molecule has 0 saturated carbocycles. The van der Waals surface area contributed by atoms with Crippen LogP contribution in [0.1, 0.15) is 13.8 Å². The molecule has 0 rings (SSSR count). The summed E-state index contributed by atoms with van der Waals surface area (Å²) in [7, 11) is 0. The molecule has 0 amide bonds. The van der Waals surface area contributed by atoms with Gasteiger partial charge in [-0.05, 0) is 13.8 Å². The monoisotopic (exact) mass is 118 g/mol.